The van der Waals surface area contributed by atoms with Gasteiger partial charge in [0.05, 0.1) is 12.3 Å². The van der Waals surface area contributed by atoms with E-state index in [1.165, 1.54) is 6.42 Å². The van der Waals surface area contributed by atoms with Gasteiger partial charge in [0, 0.05) is 18.9 Å². The summed E-state index contributed by atoms with van der Waals surface area (Å²) >= 11 is 0. The molecule has 13 heavy (non-hydrogen) atoms. The van der Waals surface area contributed by atoms with Crippen molar-refractivity contribution < 1.29 is 4.74 Å². The Hall–Kier alpha value is -0.870. The Balaban J connectivity index is 1.76. The summed E-state index contributed by atoms with van der Waals surface area (Å²) in [6, 6.07) is 0. The van der Waals surface area contributed by atoms with Crippen LogP contribution in [0.25, 0.3) is 0 Å². The van der Waals surface area contributed by atoms with Gasteiger partial charge in [-0.25, -0.2) is 0 Å². The van der Waals surface area contributed by atoms with Crippen molar-refractivity contribution in [2.24, 2.45) is 4.99 Å². The Bertz CT molecular complexity index is 209. The summed E-state index contributed by atoms with van der Waals surface area (Å²) in [5, 5.41) is 6.40. The summed E-state index contributed by atoms with van der Waals surface area (Å²) in [6.45, 7) is 2.07. The van der Waals surface area contributed by atoms with Crippen LogP contribution in [0.3, 0.4) is 0 Å². The van der Waals surface area contributed by atoms with Gasteiger partial charge < -0.3 is 15.4 Å². The number of rotatable bonds is 2. The molecule has 2 heterocycles. The molecule has 4 nitrogen and oxygen atoms in total. The molecule has 0 bridgehead atoms. The van der Waals surface area contributed by atoms with Gasteiger partial charge in [0.15, 0.2) is 6.23 Å². The molecule has 2 atom stereocenters. The molecule has 0 aromatic heterocycles. The van der Waals surface area contributed by atoms with Gasteiger partial charge in [-0.05, 0) is 19.4 Å². The number of aliphatic imine (C=N–C) groups is 1. The Morgan fingerprint density at radius 3 is 3.15 bits per heavy atom. The van der Waals surface area contributed by atoms with E-state index in [1.54, 1.807) is 18.6 Å². The Kier molecular flexibility index (Phi) is 2.94. The number of nitrogens with zero attached hydrogens (tertiary/aromatic N) is 1. The van der Waals surface area contributed by atoms with Crippen LogP contribution in [-0.2, 0) is 4.74 Å². The van der Waals surface area contributed by atoms with Crippen LogP contribution < -0.4 is 10.6 Å². The molecule has 2 N–H and O–H groups in total. The van der Waals surface area contributed by atoms with Crippen LogP contribution in [0, 0.1) is 0 Å². The lowest BCUT2D eigenvalue weighted by molar-refractivity contribution is 0.00264. The van der Waals surface area contributed by atoms with Crippen molar-refractivity contribution >= 4 is 6.21 Å². The molecule has 1 unspecified atom stereocenters. The lowest BCUT2D eigenvalue weighted by Gasteiger charge is -2.27. The zero-order chi connectivity index (χ0) is 8.93. The van der Waals surface area contributed by atoms with E-state index in [2.05, 4.69) is 15.6 Å². The molecule has 1 saturated heterocycles. The standard InChI is InChI=1S/C9H15N3O/c1-2-8(6-10-3-1)13-9-7-11-4-5-12-9/h4-5,7-10,12H,1-3,6H2/t8-,9?/m1/s1. The molecule has 2 aliphatic heterocycles. The first kappa shape index (κ1) is 8.72. The highest BCUT2D eigenvalue weighted by Gasteiger charge is 2.17. The van der Waals surface area contributed by atoms with E-state index in [-0.39, 0.29) is 6.23 Å². The van der Waals surface area contributed by atoms with Gasteiger partial charge in [0.25, 0.3) is 0 Å². The molecule has 2 aliphatic rings. The van der Waals surface area contributed by atoms with Gasteiger partial charge >= 0.3 is 0 Å². The van der Waals surface area contributed by atoms with E-state index in [0.717, 1.165) is 19.5 Å². The van der Waals surface area contributed by atoms with E-state index >= 15 is 0 Å². The molecule has 0 spiro atoms. The monoisotopic (exact) mass is 181 g/mol. The van der Waals surface area contributed by atoms with Crippen molar-refractivity contribution in [3.63, 3.8) is 0 Å². The molecule has 0 aliphatic carbocycles. The van der Waals surface area contributed by atoms with Crippen LogP contribution in [0.4, 0.5) is 0 Å². The molecule has 0 amide bonds. The van der Waals surface area contributed by atoms with Crippen molar-refractivity contribution in [3.05, 3.63) is 12.4 Å². The molecule has 0 saturated carbocycles. The van der Waals surface area contributed by atoms with Crippen LogP contribution in [-0.4, -0.2) is 31.6 Å². The first-order chi connectivity index (χ1) is 6.45. The zero-order valence-electron chi connectivity index (χ0n) is 7.57. The highest BCUT2D eigenvalue weighted by atomic mass is 16.5. The molecule has 0 radical (unpaired) electrons. The van der Waals surface area contributed by atoms with E-state index in [1.807, 2.05) is 0 Å². The van der Waals surface area contributed by atoms with Gasteiger partial charge in [-0.1, -0.05) is 0 Å². The topological polar surface area (TPSA) is 45.6 Å². The maximum absolute atomic E-state index is 5.76. The van der Waals surface area contributed by atoms with Gasteiger partial charge in [-0.2, -0.15) is 0 Å². The van der Waals surface area contributed by atoms with E-state index in [0.29, 0.717) is 6.10 Å². The van der Waals surface area contributed by atoms with Crippen molar-refractivity contribution in [2.45, 2.75) is 25.2 Å². The molecular weight excluding hydrogens is 166 g/mol. The van der Waals surface area contributed by atoms with Crippen LogP contribution in [0.15, 0.2) is 17.4 Å². The third kappa shape index (κ3) is 2.54. The predicted octanol–water partition coefficient (Wildman–Crippen LogP) is 0.226. The summed E-state index contributed by atoms with van der Waals surface area (Å²) in [5.41, 5.74) is 0. The van der Waals surface area contributed by atoms with Gasteiger partial charge in [0.2, 0.25) is 0 Å². The smallest absolute Gasteiger partial charge is 0.164 e. The van der Waals surface area contributed by atoms with Crippen LogP contribution in [0.2, 0.25) is 0 Å². The summed E-state index contributed by atoms with van der Waals surface area (Å²) in [4.78, 5) is 4.01. The average Bonchev–Trinajstić information content (AvgIpc) is 2.21. The fourth-order valence-electron chi connectivity index (χ4n) is 1.57. The summed E-state index contributed by atoms with van der Waals surface area (Å²) < 4.78 is 5.76. The summed E-state index contributed by atoms with van der Waals surface area (Å²) in [7, 11) is 0. The van der Waals surface area contributed by atoms with E-state index < -0.39 is 0 Å². The van der Waals surface area contributed by atoms with Crippen molar-refractivity contribution in [3.8, 4) is 0 Å². The second-order valence-electron chi connectivity index (χ2n) is 3.31. The van der Waals surface area contributed by atoms with Crippen LogP contribution in [0.5, 0.6) is 0 Å². The normalized spacial score (nSPS) is 32.9. The number of piperidine rings is 1. The van der Waals surface area contributed by atoms with Crippen molar-refractivity contribution in [1.29, 1.82) is 0 Å². The minimum absolute atomic E-state index is 0.0464. The minimum atomic E-state index is -0.0464. The number of ether oxygens (including phenoxy) is 1. The second kappa shape index (κ2) is 4.39. The minimum Gasteiger partial charge on any atom is -0.360 e. The zero-order valence-corrected chi connectivity index (χ0v) is 7.57. The molecule has 0 aromatic carbocycles. The maximum Gasteiger partial charge on any atom is 0.164 e. The quantitative estimate of drug-likeness (QED) is 0.641. The highest BCUT2D eigenvalue weighted by Crippen LogP contribution is 2.07. The first-order valence-electron chi connectivity index (χ1n) is 4.76. The summed E-state index contributed by atoms with van der Waals surface area (Å²) in [6.07, 6.45) is 7.93. The Labute approximate surface area is 78.1 Å². The first-order valence-corrected chi connectivity index (χ1v) is 4.76. The Morgan fingerprint density at radius 1 is 1.46 bits per heavy atom. The van der Waals surface area contributed by atoms with Crippen molar-refractivity contribution in [1.82, 2.24) is 10.6 Å². The van der Waals surface area contributed by atoms with Gasteiger partial charge in [-0.15, -0.1) is 0 Å². The average molecular weight is 181 g/mol. The van der Waals surface area contributed by atoms with Gasteiger partial charge in [0.1, 0.15) is 0 Å². The molecule has 0 aromatic rings. The predicted molar refractivity (Wildman–Crippen MR) is 51.5 cm³/mol. The molecule has 2 rings (SSSR count). The number of hydrogen-bond acceptors (Lipinski definition) is 4. The maximum atomic E-state index is 5.76. The molecule has 72 valence electrons. The van der Waals surface area contributed by atoms with Crippen molar-refractivity contribution in [2.75, 3.05) is 13.1 Å². The van der Waals surface area contributed by atoms with E-state index in [9.17, 15) is 0 Å². The molecule has 1 fully saturated rings. The largest absolute Gasteiger partial charge is 0.360 e. The second-order valence-corrected chi connectivity index (χ2v) is 3.31. The number of hydrogen-bond donors (Lipinski definition) is 2. The molecular formula is C9H15N3O. The van der Waals surface area contributed by atoms with E-state index in [4.69, 9.17) is 4.74 Å². The Morgan fingerprint density at radius 2 is 2.46 bits per heavy atom. The SMILES string of the molecule is C1=CNC(O[C@@H]2CCCNC2)C=N1. The van der Waals surface area contributed by atoms with Crippen LogP contribution >= 0.6 is 0 Å². The third-order valence-electron chi connectivity index (χ3n) is 2.23. The fraction of sp³-hybridized carbons (Fsp3) is 0.667. The number of nitrogens with one attached hydrogen (secondary N) is 2. The lowest BCUT2D eigenvalue weighted by atomic mass is 10.1. The molecule has 4 heteroatoms. The third-order valence-corrected chi connectivity index (χ3v) is 2.23. The summed E-state index contributed by atoms with van der Waals surface area (Å²) in [5.74, 6) is 0. The highest BCUT2D eigenvalue weighted by molar-refractivity contribution is 5.64. The van der Waals surface area contributed by atoms with Gasteiger partial charge in [-0.3, -0.25) is 4.99 Å². The lowest BCUT2D eigenvalue weighted by Crippen LogP contribution is -2.42. The fourth-order valence-corrected chi connectivity index (χ4v) is 1.57. The van der Waals surface area contributed by atoms with Crippen LogP contribution in [0.1, 0.15) is 12.8 Å².